The Morgan fingerprint density at radius 3 is 2.83 bits per heavy atom. The minimum Gasteiger partial charge on any atom is -0.379 e. The zero-order chi connectivity index (χ0) is 13.0. The van der Waals surface area contributed by atoms with E-state index in [-0.39, 0.29) is 0 Å². The maximum Gasteiger partial charge on any atom is 0.0575 e. The van der Waals surface area contributed by atoms with Crippen LogP contribution in [-0.4, -0.2) is 9.78 Å². The summed E-state index contributed by atoms with van der Waals surface area (Å²) in [5.74, 6) is 0.563. The van der Waals surface area contributed by atoms with Gasteiger partial charge in [0, 0.05) is 18.4 Å². The SMILES string of the molecule is CCn1nccc1CNc1cccc(C(C)C)c1. The monoisotopic (exact) mass is 243 g/mol. The van der Waals surface area contributed by atoms with E-state index in [2.05, 4.69) is 61.5 Å². The molecule has 2 aromatic rings. The molecular weight excluding hydrogens is 222 g/mol. The number of benzene rings is 1. The summed E-state index contributed by atoms with van der Waals surface area (Å²) in [7, 11) is 0. The summed E-state index contributed by atoms with van der Waals surface area (Å²) in [5.41, 5.74) is 3.75. The number of aromatic nitrogens is 2. The molecule has 0 amide bonds. The van der Waals surface area contributed by atoms with E-state index in [4.69, 9.17) is 0 Å². The topological polar surface area (TPSA) is 29.9 Å². The van der Waals surface area contributed by atoms with E-state index in [0.29, 0.717) is 5.92 Å². The summed E-state index contributed by atoms with van der Waals surface area (Å²) in [5, 5.41) is 7.73. The van der Waals surface area contributed by atoms with Crippen molar-refractivity contribution in [3.8, 4) is 0 Å². The summed E-state index contributed by atoms with van der Waals surface area (Å²) in [6, 6.07) is 10.7. The molecule has 1 aromatic carbocycles. The van der Waals surface area contributed by atoms with Crippen molar-refractivity contribution in [3.05, 3.63) is 47.8 Å². The molecule has 0 atom stereocenters. The fraction of sp³-hybridized carbons (Fsp3) is 0.400. The Bertz CT molecular complexity index is 500. The third kappa shape index (κ3) is 2.92. The third-order valence-electron chi connectivity index (χ3n) is 3.13. The van der Waals surface area contributed by atoms with Gasteiger partial charge in [-0.3, -0.25) is 4.68 Å². The van der Waals surface area contributed by atoms with Gasteiger partial charge in [0.25, 0.3) is 0 Å². The van der Waals surface area contributed by atoms with Gasteiger partial charge in [0.15, 0.2) is 0 Å². The van der Waals surface area contributed by atoms with Gasteiger partial charge in [-0.1, -0.05) is 26.0 Å². The first-order valence-corrected chi connectivity index (χ1v) is 6.55. The van der Waals surface area contributed by atoms with Gasteiger partial charge in [-0.05, 0) is 36.6 Å². The molecule has 0 unspecified atom stereocenters. The van der Waals surface area contributed by atoms with Crippen LogP contribution >= 0.6 is 0 Å². The lowest BCUT2D eigenvalue weighted by Gasteiger charge is -2.11. The number of aryl methyl sites for hydroxylation is 1. The van der Waals surface area contributed by atoms with Crippen LogP contribution in [0.1, 0.15) is 37.9 Å². The zero-order valence-electron chi connectivity index (χ0n) is 11.4. The predicted octanol–water partition coefficient (Wildman–Crippen LogP) is 3.64. The Kier molecular flexibility index (Phi) is 4.03. The molecule has 2 rings (SSSR count). The Balaban J connectivity index is 2.04. The molecule has 0 spiro atoms. The van der Waals surface area contributed by atoms with Gasteiger partial charge < -0.3 is 5.32 Å². The van der Waals surface area contributed by atoms with E-state index in [9.17, 15) is 0 Å². The van der Waals surface area contributed by atoms with E-state index in [1.54, 1.807) is 0 Å². The summed E-state index contributed by atoms with van der Waals surface area (Å²) in [6.07, 6.45) is 1.85. The van der Waals surface area contributed by atoms with E-state index in [0.717, 1.165) is 13.1 Å². The molecule has 0 fully saturated rings. The second-order valence-corrected chi connectivity index (χ2v) is 4.77. The quantitative estimate of drug-likeness (QED) is 0.869. The van der Waals surface area contributed by atoms with Crippen molar-refractivity contribution in [2.24, 2.45) is 0 Å². The molecule has 0 aliphatic rings. The molecule has 96 valence electrons. The highest BCUT2D eigenvalue weighted by molar-refractivity contribution is 5.46. The maximum atomic E-state index is 4.27. The van der Waals surface area contributed by atoms with Crippen LogP contribution in [0.4, 0.5) is 5.69 Å². The molecule has 3 heteroatoms. The van der Waals surface area contributed by atoms with Crippen molar-refractivity contribution in [3.63, 3.8) is 0 Å². The highest BCUT2D eigenvalue weighted by atomic mass is 15.3. The Morgan fingerprint density at radius 2 is 2.11 bits per heavy atom. The number of rotatable bonds is 5. The van der Waals surface area contributed by atoms with Gasteiger partial charge in [0.05, 0.1) is 12.2 Å². The van der Waals surface area contributed by atoms with Crippen LogP contribution in [0, 0.1) is 0 Å². The summed E-state index contributed by atoms with van der Waals surface area (Å²) in [6.45, 7) is 8.26. The normalized spacial score (nSPS) is 10.9. The number of hydrogen-bond donors (Lipinski definition) is 1. The minimum absolute atomic E-state index is 0.563. The van der Waals surface area contributed by atoms with E-state index in [1.807, 2.05) is 10.9 Å². The zero-order valence-corrected chi connectivity index (χ0v) is 11.4. The predicted molar refractivity (Wildman–Crippen MR) is 75.8 cm³/mol. The largest absolute Gasteiger partial charge is 0.379 e. The van der Waals surface area contributed by atoms with Crippen LogP contribution in [0.25, 0.3) is 0 Å². The van der Waals surface area contributed by atoms with Crippen molar-refractivity contribution >= 4 is 5.69 Å². The molecule has 0 aliphatic carbocycles. The first-order valence-electron chi connectivity index (χ1n) is 6.55. The van der Waals surface area contributed by atoms with Crippen molar-refractivity contribution in [2.45, 2.75) is 39.8 Å². The van der Waals surface area contributed by atoms with Crippen molar-refractivity contribution in [1.82, 2.24) is 9.78 Å². The highest BCUT2D eigenvalue weighted by Gasteiger charge is 2.02. The van der Waals surface area contributed by atoms with Crippen molar-refractivity contribution < 1.29 is 0 Å². The summed E-state index contributed by atoms with van der Waals surface area (Å²) < 4.78 is 2.01. The molecule has 0 radical (unpaired) electrons. The molecule has 3 nitrogen and oxygen atoms in total. The Morgan fingerprint density at radius 1 is 1.28 bits per heavy atom. The first-order chi connectivity index (χ1) is 8.70. The summed E-state index contributed by atoms with van der Waals surface area (Å²) in [4.78, 5) is 0. The standard InChI is InChI=1S/C15H21N3/c1-4-18-15(8-9-17-18)11-16-14-7-5-6-13(10-14)12(2)3/h5-10,12,16H,4,11H2,1-3H3. The van der Waals surface area contributed by atoms with Gasteiger partial charge >= 0.3 is 0 Å². The van der Waals surface area contributed by atoms with E-state index in [1.165, 1.54) is 16.9 Å². The second kappa shape index (κ2) is 5.71. The van der Waals surface area contributed by atoms with Gasteiger partial charge in [-0.25, -0.2) is 0 Å². The minimum atomic E-state index is 0.563. The lowest BCUT2D eigenvalue weighted by atomic mass is 10.0. The second-order valence-electron chi connectivity index (χ2n) is 4.77. The molecule has 0 aliphatic heterocycles. The van der Waals surface area contributed by atoms with E-state index >= 15 is 0 Å². The molecule has 1 aromatic heterocycles. The molecule has 0 saturated heterocycles. The van der Waals surface area contributed by atoms with Gasteiger partial charge in [-0.2, -0.15) is 5.10 Å². The lowest BCUT2D eigenvalue weighted by molar-refractivity contribution is 0.627. The van der Waals surface area contributed by atoms with Crippen molar-refractivity contribution in [1.29, 1.82) is 0 Å². The van der Waals surface area contributed by atoms with Crippen LogP contribution in [0.2, 0.25) is 0 Å². The van der Waals surface area contributed by atoms with Crippen molar-refractivity contribution in [2.75, 3.05) is 5.32 Å². The molecular formula is C15H21N3. The smallest absolute Gasteiger partial charge is 0.0575 e. The molecule has 1 N–H and O–H groups in total. The van der Waals surface area contributed by atoms with E-state index < -0.39 is 0 Å². The lowest BCUT2D eigenvalue weighted by Crippen LogP contribution is -2.07. The molecule has 18 heavy (non-hydrogen) atoms. The fourth-order valence-corrected chi connectivity index (χ4v) is 2.00. The first kappa shape index (κ1) is 12.7. The van der Waals surface area contributed by atoms with Crippen LogP contribution in [0.5, 0.6) is 0 Å². The van der Waals surface area contributed by atoms with Gasteiger partial charge in [-0.15, -0.1) is 0 Å². The van der Waals surface area contributed by atoms with Crippen LogP contribution in [0.15, 0.2) is 36.5 Å². The fourth-order valence-electron chi connectivity index (χ4n) is 2.00. The number of anilines is 1. The van der Waals surface area contributed by atoms with Crippen LogP contribution < -0.4 is 5.32 Å². The average Bonchev–Trinajstić information content (AvgIpc) is 2.84. The number of hydrogen-bond acceptors (Lipinski definition) is 2. The highest BCUT2D eigenvalue weighted by Crippen LogP contribution is 2.18. The molecule has 0 saturated carbocycles. The maximum absolute atomic E-state index is 4.27. The third-order valence-corrected chi connectivity index (χ3v) is 3.13. The van der Waals surface area contributed by atoms with Gasteiger partial charge in [0.2, 0.25) is 0 Å². The van der Waals surface area contributed by atoms with Crippen LogP contribution in [0.3, 0.4) is 0 Å². The Labute approximate surface area is 109 Å². The van der Waals surface area contributed by atoms with Gasteiger partial charge in [0.1, 0.15) is 0 Å². The summed E-state index contributed by atoms with van der Waals surface area (Å²) >= 11 is 0. The number of nitrogens with zero attached hydrogens (tertiary/aromatic N) is 2. The number of nitrogens with one attached hydrogen (secondary N) is 1. The molecule has 0 bridgehead atoms. The van der Waals surface area contributed by atoms with Crippen LogP contribution in [-0.2, 0) is 13.1 Å². The average molecular weight is 243 g/mol. The Hall–Kier alpha value is -1.77. The molecule has 1 heterocycles.